The number of amides is 2. The number of morpholine rings is 1. The summed E-state index contributed by atoms with van der Waals surface area (Å²) in [5.74, 6) is 1.18. The smallest absolute Gasteiger partial charge is 0.254 e. The Balaban J connectivity index is 0.00000280. The normalized spacial score (nSPS) is 19.6. The van der Waals surface area contributed by atoms with Crippen LogP contribution in [0.25, 0.3) is 0 Å². The third-order valence-corrected chi connectivity index (χ3v) is 4.94. The molecule has 1 aromatic carbocycles. The molecule has 1 N–H and O–H groups in total. The van der Waals surface area contributed by atoms with Gasteiger partial charge in [0.25, 0.3) is 5.91 Å². The van der Waals surface area contributed by atoms with Crippen molar-refractivity contribution in [3.8, 4) is 11.5 Å². The second kappa shape index (κ2) is 10.5. The molecule has 9 heteroatoms. The van der Waals surface area contributed by atoms with E-state index >= 15 is 0 Å². The van der Waals surface area contributed by atoms with Gasteiger partial charge in [-0.3, -0.25) is 9.59 Å². The van der Waals surface area contributed by atoms with E-state index in [0.717, 1.165) is 6.54 Å². The summed E-state index contributed by atoms with van der Waals surface area (Å²) in [5, 5.41) is 3.30. The number of halogens is 1. The number of carbonyl (C=O) groups excluding carboxylic acids is 2. The van der Waals surface area contributed by atoms with Gasteiger partial charge in [0.1, 0.15) is 11.5 Å². The molecule has 2 saturated heterocycles. The Kier molecular flexibility index (Phi) is 8.35. The van der Waals surface area contributed by atoms with E-state index in [1.165, 1.54) is 0 Å². The van der Waals surface area contributed by atoms with Gasteiger partial charge in [-0.05, 0) is 12.1 Å². The number of hydrogen-bond donors (Lipinski definition) is 1. The molecule has 2 fully saturated rings. The molecule has 28 heavy (non-hydrogen) atoms. The quantitative estimate of drug-likeness (QED) is 0.768. The van der Waals surface area contributed by atoms with Crippen LogP contribution in [0.15, 0.2) is 18.2 Å². The van der Waals surface area contributed by atoms with Crippen molar-refractivity contribution in [3.05, 3.63) is 23.8 Å². The fourth-order valence-electron chi connectivity index (χ4n) is 3.36. The van der Waals surface area contributed by atoms with Gasteiger partial charge in [-0.1, -0.05) is 0 Å². The number of nitrogens with zero attached hydrogens (tertiary/aromatic N) is 2. The Bertz CT molecular complexity index is 651. The molecule has 8 nitrogen and oxygen atoms in total. The number of methoxy groups -OCH3 is 2. The Morgan fingerprint density at radius 3 is 2.21 bits per heavy atom. The third-order valence-electron chi connectivity index (χ3n) is 4.94. The average molecular weight is 414 g/mol. The van der Waals surface area contributed by atoms with E-state index in [0.29, 0.717) is 62.9 Å². The maximum Gasteiger partial charge on any atom is 0.254 e. The molecule has 0 aromatic heterocycles. The Labute approximate surface area is 171 Å². The van der Waals surface area contributed by atoms with Gasteiger partial charge in [-0.25, -0.2) is 0 Å². The minimum absolute atomic E-state index is 0. The van der Waals surface area contributed by atoms with E-state index in [9.17, 15) is 9.59 Å². The molecule has 3 rings (SSSR count). The molecule has 0 aliphatic carbocycles. The van der Waals surface area contributed by atoms with Gasteiger partial charge in [-0.2, -0.15) is 0 Å². The standard InChI is InChI=1S/C19H27N3O5.ClH/c1-25-16-9-14(10-17(12-16)26-2)19(24)22-6-4-21(5-7-22)18(23)11-15-13-27-8-3-20-15;/h9-10,12,15,20H,3-8,11,13H2,1-2H3;1H. The molecule has 0 spiro atoms. The number of hydrogen-bond acceptors (Lipinski definition) is 6. The summed E-state index contributed by atoms with van der Waals surface area (Å²) in [6, 6.07) is 5.22. The van der Waals surface area contributed by atoms with E-state index in [4.69, 9.17) is 14.2 Å². The number of benzene rings is 1. The Morgan fingerprint density at radius 2 is 1.68 bits per heavy atom. The summed E-state index contributed by atoms with van der Waals surface area (Å²) < 4.78 is 15.9. The zero-order chi connectivity index (χ0) is 19.2. The van der Waals surface area contributed by atoms with Crippen LogP contribution in [0.1, 0.15) is 16.8 Å². The molecular weight excluding hydrogens is 386 g/mol. The van der Waals surface area contributed by atoms with Crippen LogP contribution >= 0.6 is 12.4 Å². The SMILES string of the molecule is COc1cc(OC)cc(C(=O)N2CCN(C(=O)CC3COCCN3)CC2)c1.Cl. The molecule has 2 aliphatic rings. The molecule has 0 saturated carbocycles. The average Bonchev–Trinajstić information content (AvgIpc) is 2.73. The van der Waals surface area contributed by atoms with E-state index in [1.54, 1.807) is 37.3 Å². The second-order valence-corrected chi connectivity index (χ2v) is 6.70. The fourth-order valence-corrected chi connectivity index (χ4v) is 3.36. The summed E-state index contributed by atoms with van der Waals surface area (Å²) in [6.07, 6.45) is 0.432. The molecule has 2 amide bonds. The van der Waals surface area contributed by atoms with E-state index in [-0.39, 0.29) is 30.3 Å². The predicted octanol–water partition coefficient (Wildman–Crippen LogP) is 0.789. The lowest BCUT2D eigenvalue weighted by Gasteiger charge is -2.36. The monoisotopic (exact) mass is 413 g/mol. The fraction of sp³-hybridized carbons (Fsp3) is 0.579. The first-order chi connectivity index (χ1) is 13.1. The summed E-state index contributed by atoms with van der Waals surface area (Å²) in [4.78, 5) is 28.9. The van der Waals surface area contributed by atoms with E-state index in [2.05, 4.69) is 5.32 Å². The highest BCUT2D eigenvalue weighted by Crippen LogP contribution is 2.24. The number of nitrogens with one attached hydrogen (secondary N) is 1. The number of rotatable bonds is 5. The lowest BCUT2D eigenvalue weighted by molar-refractivity contribution is -0.133. The first-order valence-corrected chi connectivity index (χ1v) is 9.22. The van der Waals surface area contributed by atoms with Crippen LogP contribution < -0.4 is 14.8 Å². The van der Waals surface area contributed by atoms with Crippen LogP contribution in [-0.4, -0.2) is 87.8 Å². The van der Waals surface area contributed by atoms with Crippen molar-refractivity contribution in [2.75, 3.05) is 60.2 Å². The minimum Gasteiger partial charge on any atom is -0.497 e. The van der Waals surface area contributed by atoms with Crippen molar-refractivity contribution in [2.24, 2.45) is 0 Å². The molecule has 0 bridgehead atoms. The van der Waals surface area contributed by atoms with Gasteiger partial charge < -0.3 is 29.3 Å². The minimum atomic E-state index is -0.0818. The highest BCUT2D eigenvalue weighted by atomic mass is 35.5. The lowest BCUT2D eigenvalue weighted by Crippen LogP contribution is -2.52. The van der Waals surface area contributed by atoms with Gasteiger partial charge in [0.05, 0.1) is 27.4 Å². The van der Waals surface area contributed by atoms with E-state index in [1.807, 2.05) is 4.90 Å². The molecular formula is C19H28ClN3O5. The van der Waals surface area contributed by atoms with Gasteiger partial charge in [-0.15, -0.1) is 12.4 Å². The largest absolute Gasteiger partial charge is 0.497 e. The topological polar surface area (TPSA) is 80.3 Å². The predicted molar refractivity (Wildman–Crippen MR) is 107 cm³/mol. The van der Waals surface area contributed by atoms with Crippen LogP contribution in [0, 0.1) is 0 Å². The number of ether oxygens (including phenoxy) is 3. The lowest BCUT2D eigenvalue weighted by atomic mass is 10.1. The molecule has 2 aliphatic heterocycles. The van der Waals surface area contributed by atoms with Crippen molar-refractivity contribution >= 4 is 24.2 Å². The molecule has 0 radical (unpaired) electrons. The molecule has 156 valence electrons. The maximum absolute atomic E-state index is 12.8. The van der Waals surface area contributed by atoms with Gasteiger partial charge in [0.2, 0.25) is 5.91 Å². The van der Waals surface area contributed by atoms with Crippen LogP contribution in [0.4, 0.5) is 0 Å². The Morgan fingerprint density at radius 1 is 1.07 bits per heavy atom. The van der Waals surface area contributed by atoms with Gasteiger partial charge >= 0.3 is 0 Å². The van der Waals surface area contributed by atoms with Crippen molar-refractivity contribution in [1.82, 2.24) is 15.1 Å². The zero-order valence-electron chi connectivity index (χ0n) is 16.3. The molecule has 1 unspecified atom stereocenters. The van der Waals surface area contributed by atoms with Crippen LogP contribution in [-0.2, 0) is 9.53 Å². The first-order valence-electron chi connectivity index (χ1n) is 9.22. The van der Waals surface area contributed by atoms with Gasteiger partial charge in [0.15, 0.2) is 0 Å². The first kappa shape index (κ1) is 22.3. The van der Waals surface area contributed by atoms with Crippen LogP contribution in [0.5, 0.6) is 11.5 Å². The van der Waals surface area contributed by atoms with Crippen molar-refractivity contribution < 1.29 is 23.8 Å². The summed E-state index contributed by atoms with van der Waals surface area (Å²) in [7, 11) is 3.11. The summed E-state index contributed by atoms with van der Waals surface area (Å²) >= 11 is 0. The Hall–Kier alpha value is -2.03. The summed E-state index contributed by atoms with van der Waals surface area (Å²) in [6.45, 7) is 4.16. The van der Waals surface area contributed by atoms with Gasteiger partial charge in [0, 0.05) is 56.8 Å². The number of carbonyl (C=O) groups is 2. The van der Waals surface area contributed by atoms with Crippen LogP contribution in [0.2, 0.25) is 0 Å². The van der Waals surface area contributed by atoms with Crippen LogP contribution in [0.3, 0.4) is 0 Å². The maximum atomic E-state index is 12.8. The third kappa shape index (κ3) is 5.50. The second-order valence-electron chi connectivity index (χ2n) is 6.70. The molecule has 1 atom stereocenters. The highest BCUT2D eigenvalue weighted by molar-refractivity contribution is 5.95. The zero-order valence-corrected chi connectivity index (χ0v) is 17.1. The summed E-state index contributed by atoms with van der Waals surface area (Å²) in [5.41, 5.74) is 0.523. The van der Waals surface area contributed by atoms with Crippen molar-refractivity contribution in [2.45, 2.75) is 12.5 Å². The van der Waals surface area contributed by atoms with E-state index < -0.39 is 0 Å². The highest BCUT2D eigenvalue weighted by Gasteiger charge is 2.27. The number of piperazine rings is 1. The molecule has 1 aromatic rings. The molecule has 2 heterocycles. The van der Waals surface area contributed by atoms with Crippen molar-refractivity contribution in [1.29, 1.82) is 0 Å². The van der Waals surface area contributed by atoms with Crippen molar-refractivity contribution in [3.63, 3.8) is 0 Å².